The molecular formula is C21H17F2N5O2. The van der Waals surface area contributed by atoms with Gasteiger partial charge in [-0.05, 0) is 6.07 Å². The Labute approximate surface area is 170 Å². The Kier molecular flexibility index (Phi) is 4.30. The maximum atomic E-state index is 13.1. The summed E-state index contributed by atoms with van der Waals surface area (Å²) in [5.41, 5.74) is 2.89. The summed E-state index contributed by atoms with van der Waals surface area (Å²) >= 11 is 0. The number of hydrogen-bond donors (Lipinski definition) is 2. The summed E-state index contributed by atoms with van der Waals surface area (Å²) in [5, 5.41) is 13.4. The largest absolute Gasteiger partial charge is 0.408 e. The van der Waals surface area contributed by atoms with Crippen LogP contribution >= 0.6 is 0 Å². The number of amides is 1. The minimum absolute atomic E-state index is 0.0394. The molecule has 1 aliphatic carbocycles. The molecule has 1 amide bonds. The molecule has 1 fully saturated rings. The quantitative estimate of drug-likeness (QED) is 0.684. The van der Waals surface area contributed by atoms with E-state index < -0.39 is 23.9 Å². The topological polar surface area (TPSA) is 92.4 Å². The van der Waals surface area contributed by atoms with Crippen molar-refractivity contribution in [3.05, 3.63) is 71.6 Å². The Morgan fingerprint density at radius 1 is 1.03 bits per heavy atom. The van der Waals surface area contributed by atoms with E-state index in [4.69, 9.17) is 4.42 Å². The fourth-order valence-electron chi connectivity index (χ4n) is 3.59. The van der Waals surface area contributed by atoms with Gasteiger partial charge in [-0.15, -0.1) is 5.10 Å². The SMILES string of the molecule is O=C1Nc2ccccc2C(c2ccccc2)=N[C@@H]1Nc1nnc(C2CC(F)(F)C2)o1. The van der Waals surface area contributed by atoms with Gasteiger partial charge in [0.2, 0.25) is 18.0 Å². The summed E-state index contributed by atoms with van der Waals surface area (Å²) < 4.78 is 31.7. The molecular weight excluding hydrogens is 392 g/mol. The number of para-hydroxylation sites is 1. The Bertz CT molecular complexity index is 1120. The summed E-state index contributed by atoms with van der Waals surface area (Å²) in [4.78, 5) is 17.4. The number of benzene rings is 2. The second-order valence-electron chi connectivity index (χ2n) is 7.33. The number of nitrogens with one attached hydrogen (secondary N) is 2. The lowest BCUT2D eigenvalue weighted by atomic mass is 9.81. The lowest BCUT2D eigenvalue weighted by molar-refractivity contribution is -0.116. The third-order valence-corrected chi connectivity index (χ3v) is 5.13. The van der Waals surface area contributed by atoms with Crippen molar-refractivity contribution in [1.29, 1.82) is 0 Å². The third kappa shape index (κ3) is 3.42. The fourth-order valence-corrected chi connectivity index (χ4v) is 3.59. The van der Waals surface area contributed by atoms with Crippen LogP contribution in [-0.4, -0.2) is 33.9 Å². The second kappa shape index (κ2) is 7.01. The Morgan fingerprint density at radius 3 is 2.53 bits per heavy atom. The highest BCUT2D eigenvalue weighted by Crippen LogP contribution is 2.47. The molecule has 0 bridgehead atoms. The molecule has 7 nitrogen and oxygen atoms in total. The number of carbonyl (C=O) groups excluding carboxylic acids is 1. The summed E-state index contributed by atoms with van der Waals surface area (Å²) in [5.74, 6) is -3.43. The van der Waals surface area contributed by atoms with Gasteiger partial charge in [-0.25, -0.2) is 13.8 Å². The van der Waals surface area contributed by atoms with Crippen molar-refractivity contribution in [2.45, 2.75) is 30.8 Å². The van der Waals surface area contributed by atoms with E-state index in [-0.39, 0.29) is 24.7 Å². The van der Waals surface area contributed by atoms with Gasteiger partial charge in [0.05, 0.1) is 11.4 Å². The molecule has 3 aromatic rings. The minimum Gasteiger partial charge on any atom is -0.408 e. The van der Waals surface area contributed by atoms with E-state index in [1.54, 1.807) is 6.07 Å². The van der Waals surface area contributed by atoms with Gasteiger partial charge in [-0.3, -0.25) is 4.79 Å². The third-order valence-electron chi connectivity index (χ3n) is 5.13. The minimum atomic E-state index is -2.69. The van der Waals surface area contributed by atoms with Crippen LogP contribution < -0.4 is 10.6 Å². The van der Waals surface area contributed by atoms with Crippen LogP contribution in [0, 0.1) is 0 Å². The highest BCUT2D eigenvalue weighted by molar-refractivity contribution is 6.19. The summed E-state index contributed by atoms with van der Waals surface area (Å²) in [6.07, 6.45) is -1.67. The van der Waals surface area contributed by atoms with Crippen LogP contribution in [0.25, 0.3) is 0 Å². The number of rotatable bonds is 4. The molecule has 1 saturated carbocycles. The van der Waals surface area contributed by atoms with E-state index >= 15 is 0 Å². The van der Waals surface area contributed by atoms with Gasteiger partial charge in [0.1, 0.15) is 0 Å². The summed E-state index contributed by atoms with van der Waals surface area (Å²) in [7, 11) is 0. The zero-order valence-corrected chi connectivity index (χ0v) is 15.7. The number of aliphatic imine (C=N–C) groups is 1. The van der Waals surface area contributed by atoms with Crippen LogP contribution in [0.1, 0.15) is 35.8 Å². The molecule has 1 aromatic heterocycles. The molecule has 0 spiro atoms. The molecule has 2 heterocycles. The number of anilines is 2. The zero-order chi connectivity index (χ0) is 20.7. The molecule has 9 heteroatoms. The standard InChI is InChI=1S/C21H17F2N5O2/c22-21(23)10-13(11-21)19-27-28-20(30-19)26-17-18(29)24-15-9-5-4-8-14(15)16(25-17)12-6-2-1-3-7-12/h1-9,13,17H,10-11H2,(H,24,29)(H,26,28)/t17-/m1/s1. The van der Waals surface area contributed by atoms with Crippen LogP contribution in [0.15, 0.2) is 64.0 Å². The van der Waals surface area contributed by atoms with Gasteiger partial charge in [0.15, 0.2) is 0 Å². The van der Waals surface area contributed by atoms with Crippen LogP contribution in [0.2, 0.25) is 0 Å². The van der Waals surface area contributed by atoms with Crippen molar-refractivity contribution in [1.82, 2.24) is 10.2 Å². The fraction of sp³-hybridized carbons (Fsp3) is 0.238. The summed E-state index contributed by atoms with van der Waals surface area (Å²) in [6.45, 7) is 0. The van der Waals surface area contributed by atoms with Crippen molar-refractivity contribution in [2.24, 2.45) is 4.99 Å². The Morgan fingerprint density at radius 2 is 1.77 bits per heavy atom. The van der Waals surface area contributed by atoms with E-state index in [1.807, 2.05) is 48.5 Å². The van der Waals surface area contributed by atoms with Crippen LogP contribution in [0.5, 0.6) is 0 Å². The van der Waals surface area contributed by atoms with Crippen molar-refractivity contribution in [3.8, 4) is 0 Å². The van der Waals surface area contributed by atoms with Gasteiger partial charge in [0.25, 0.3) is 5.91 Å². The normalized spacial score (nSPS) is 20.4. The molecule has 2 N–H and O–H groups in total. The van der Waals surface area contributed by atoms with E-state index in [0.717, 1.165) is 11.1 Å². The molecule has 2 aliphatic rings. The molecule has 152 valence electrons. The molecule has 30 heavy (non-hydrogen) atoms. The van der Waals surface area contributed by atoms with E-state index in [2.05, 4.69) is 25.8 Å². The maximum absolute atomic E-state index is 13.1. The molecule has 1 aliphatic heterocycles. The van der Waals surface area contributed by atoms with Crippen LogP contribution in [-0.2, 0) is 4.79 Å². The smallest absolute Gasteiger partial charge is 0.317 e. The average Bonchev–Trinajstić information content (AvgIpc) is 3.13. The predicted octanol–water partition coefficient (Wildman–Crippen LogP) is 3.81. The van der Waals surface area contributed by atoms with E-state index in [0.29, 0.717) is 11.4 Å². The van der Waals surface area contributed by atoms with E-state index in [9.17, 15) is 13.6 Å². The molecule has 0 unspecified atom stereocenters. The number of carbonyl (C=O) groups is 1. The van der Waals surface area contributed by atoms with Gasteiger partial charge in [0, 0.05) is 29.9 Å². The second-order valence-corrected chi connectivity index (χ2v) is 7.33. The van der Waals surface area contributed by atoms with E-state index in [1.165, 1.54) is 0 Å². The first-order chi connectivity index (χ1) is 14.5. The van der Waals surface area contributed by atoms with Gasteiger partial charge >= 0.3 is 6.01 Å². The molecule has 0 saturated heterocycles. The van der Waals surface area contributed by atoms with Crippen LogP contribution in [0.4, 0.5) is 20.5 Å². The number of halogens is 2. The van der Waals surface area contributed by atoms with Crippen molar-refractivity contribution < 1.29 is 18.0 Å². The number of alkyl halides is 2. The maximum Gasteiger partial charge on any atom is 0.317 e. The Balaban J connectivity index is 1.45. The monoisotopic (exact) mass is 409 g/mol. The first kappa shape index (κ1) is 18.4. The van der Waals surface area contributed by atoms with Gasteiger partial charge in [-0.1, -0.05) is 53.6 Å². The number of fused-ring (bicyclic) bond motifs is 1. The first-order valence-corrected chi connectivity index (χ1v) is 9.50. The van der Waals surface area contributed by atoms with Crippen molar-refractivity contribution >= 4 is 23.3 Å². The number of nitrogens with zero attached hydrogens (tertiary/aromatic N) is 3. The molecule has 0 radical (unpaired) electrons. The Hall–Kier alpha value is -3.62. The highest BCUT2D eigenvalue weighted by atomic mass is 19.3. The number of aromatic nitrogens is 2. The number of benzodiazepines with no additional fused rings is 1. The molecule has 2 aromatic carbocycles. The first-order valence-electron chi connectivity index (χ1n) is 9.50. The number of hydrogen-bond acceptors (Lipinski definition) is 6. The lowest BCUT2D eigenvalue weighted by Gasteiger charge is -2.32. The average molecular weight is 409 g/mol. The van der Waals surface area contributed by atoms with Gasteiger partial charge < -0.3 is 15.1 Å². The molecule has 5 rings (SSSR count). The van der Waals surface area contributed by atoms with Gasteiger partial charge in [-0.2, -0.15) is 0 Å². The zero-order valence-electron chi connectivity index (χ0n) is 15.7. The van der Waals surface area contributed by atoms with Crippen molar-refractivity contribution in [3.63, 3.8) is 0 Å². The highest BCUT2D eigenvalue weighted by Gasteiger charge is 2.48. The lowest BCUT2D eigenvalue weighted by Crippen LogP contribution is -2.33. The van der Waals surface area contributed by atoms with Crippen molar-refractivity contribution in [2.75, 3.05) is 10.6 Å². The predicted molar refractivity (Wildman–Crippen MR) is 106 cm³/mol. The summed E-state index contributed by atoms with van der Waals surface area (Å²) in [6, 6.07) is 16.8. The van der Waals surface area contributed by atoms with Crippen LogP contribution in [0.3, 0.4) is 0 Å². The molecule has 1 atom stereocenters.